The van der Waals surface area contributed by atoms with Crippen molar-refractivity contribution in [3.63, 3.8) is 0 Å². The van der Waals surface area contributed by atoms with E-state index in [0.29, 0.717) is 4.90 Å². The van der Waals surface area contributed by atoms with E-state index in [1.54, 1.807) is 13.0 Å². The molecule has 21 heavy (non-hydrogen) atoms. The van der Waals surface area contributed by atoms with Crippen molar-refractivity contribution in [3.8, 4) is 0 Å². The van der Waals surface area contributed by atoms with Crippen molar-refractivity contribution in [2.45, 2.75) is 17.0 Å². The van der Waals surface area contributed by atoms with Crippen molar-refractivity contribution in [3.05, 3.63) is 29.9 Å². The van der Waals surface area contributed by atoms with Crippen molar-refractivity contribution >= 4 is 23.7 Å². The van der Waals surface area contributed by atoms with Gasteiger partial charge in [-0.05, 0) is 30.8 Å². The molecule has 0 atom stereocenters. The number of nitrogens with zero attached hydrogens (tertiary/aromatic N) is 3. The first kappa shape index (κ1) is 15.0. The molecule has 110 valence electrons. The molecule has 0 aliphatic heterocycles. The van der Waals surface area contributed by atoms with E-state index in [4.69, 9.17) is 9.15 Å². The number of ether oxygens (including phenoxy) is 2. The second-order valence-corrected chi connectivity index (χ2v) is 4.59. The summed E-state index contributed by atoms with van der Waals surface area (Å²) in [6, 6.07) is 3.18. The van der Waals surface area contributed by atoms with Gasteiger partial charge in [-0.15, -0.1) is 5.10 Å². The molecule has 2 heterocycles. The van der Waals surface area contributed by atoms with Crippen LogP contribution in [-0.2, 0) is 9.47 Å². The highest BCUT2D eigenvalue weighted by Gasteiger charge is 2.17. The van der Waals surface area contributed by atoms with Gasteiger partial charge in [-0.2, -0.15) is 0 Å². The molecule has 8 nitrogen and oxygen atoms in total. The summed E-state index contributed by atoms with van der Waals surface area (Å²) < 4.78 is 14.5. The Bertz CT molecular complexity index is 658. The van der Waals surface area contributed by atoms with Crippen LogP contribution in [0.3, 0.4) is 0 Å². The van der Waals surface area contributed by atoms with Crippen LogP contribution in [0.25, 0.3) is 0 Å². The van der Waals surface area contributed by atoms with Crippen LogP contribution in [0.5, 0.6) is 0 Å². The number of rotatable bonds is 5. The van der Waals surface area contributed by atoms with Gasteiger partial charge in [-0.3, -0.25) is 0 Å². The molecule has 0 fully saturated rings. The lowest BCUT2D eigenvalue weighted by molar-refractivity contribution is 0.0474. The number of hydrogen-bond acceptors (Lipinski definition) is 9. The summed E-state index contributed by atoms with van der Waals surface area (Å²) in [7, 11) is 1.27. The lowest BCUT2D eigenvalue weighted by atomic mass is 10.3. The third-order valence-corrected chi connectivity index (χ3v) is 3.02. The standard InChI is InChI=1S/C12H11N3O5S/c1-3-19-11(17)9-14-15-12(20-9)21-7-4-5-13-8(6-7)10(16)18-2/h4-6H,3H2,1-2H3. The summed E-state index contributed by atoms with van der Waals surface area (Å²) in [6.07, 6.45) is 1.46. The van der Waals surface area contributed by atoms with E-state index in [1.165, 1.54) is 19.4 Å². The second-order valence-electron chi connectivity index (χ2n) is 3.56. The average Bonchev–Trinajstić information content (AvgIpc) is 2.95. The van der Waals surface area contributed by atoms with Gasteiger partial charge in [0.05, 0.1) is 13.7 Å². The molecule has 0 unspecified atom stereocenters. The maximum Gasteiger partial charge on any atom is 0.396 e. The molecular weight excluding hydrogens is 298 g/mol. The van der Waals surface area contributed by atoms with Crippen LogP contribution in [0.15, 0.2) is 32.9 Å². The van der Waals surface area contributed by atoms with E-state index in [9.17, 15) is 9.59 Å². The maximum absolute atomic E-state index is 11.4. The Morgan fingerprint density at radius 2 is 2.14 bits per heavy atom. The van der Waals surface area contributed by atoms with Crippen molar-refractivity contribution in [1.82, 2.24) is 15.2 Å². The summed E-state index contributed by atoms with van der Waals surface area (Å²) in [6.45, 7) is 1.89. The van der Waals surface area contributed by atoms with Crippen molar-refractivity contribution in [2.24, 2.45) is 0 Å². The highest BCUT2D eigenvalue weighted by atomic mass is 32.2. The Morgan fingerprint density at radius 1 is 1.33 bits per heavy atom. The predicted molar refractivity (Wildman–Crippen MR) is 70.0 cm³/mol. The average molecular weight is 309 g/mol. The zero-order valence-electron chi connectivity index (χ0n) is 11.2. The first-order valence-corrected chi connectivity index (χ1v) is 6.68. The number of esters is 2. The SMILES string of the molecule is CCOC(=O)c1nnc(Sc2ccnc(C(=O)OC)c2)o1. The van der Waals surface area contributed by atoms with Crippen LogP contribution in [0.4, 0.5) is 0 Å². The van der Waals surface area contributed by atoms with Crippen LogP contribution < -0.4 is 0 Å². The Labute approximate surface area is 123 Å². The molecule has 0 saturated heterocycles. The summed E-state index contributed by atoms with van der Waals surface area (Å²) >= 11 is 1.09. The molecule has 2 aromatic heterocycles. The van der Waals surface area contributed by atoms with Gasteiger partial charge in [0.1, 0.15) is 5.69 Å². The highest BCUT2D eigenvalue weighted by Crippen LogP contribution is 2.26. The van der Waals surface area contributed by atoms with Gasteiger partial charge in [-0.1, -0.05) is 5.10 Å². The van der Waals surface area contributed by atoms with Gasteiger partial charge in [0.2, 0.25) is 0 Å². The molecule has 9 heteroatoms. The molecule has 0 amide bonds. The summed E-state index contributed by atoms with van der Waals surface area (Å²) in [5, 5.41) is 7.46. The van der Waals surface area contributed by atoms with Crippen LogP contribution >= 0.6 is 11.8 Å². The van der Waals surface area contributed by atoms with Crippen LogP contribution in [-0.4, -0.2) is 40.8 Å². The fraction of sp³-hybridized carbons (Fsp3) is 0.250. The maximum atomic E-state index is 11.4. The smallest absolute Gasteiger partial charge is 0.396 e. The van der Waals surface area contributed by atoms with Crippen LogP contribution in [0.2, 0.25) is 0 Å². The minimum absolute atomic E-state index is 0.153. The second kappa shape index (κ2) is 6.84. The molecule has 0 bridgehead atoms. The monoisotopic (exact) mass is 309 g/mol. The fourth-order valence-corrected chi connectivity index (χ4v) is 2.02. The molecule has 0 saturated carbocycles. The quantitative estimate of drug-likeness (QED) is 0.761. The van der Waals surface area contributed by atoms with E-state index >= 15 is 0 Å². The Balaban J connectivity index is 2.12. The molecule has 0 aromatic carbocycles. The van der Waals surface area contributed by atoms with Gasteiger partial charge < -0.3 is 13.9 Å². The lowest BCUT2D eigenvalue weighted by Crippen LogP contribution is -2.04. The molecule has 2 rings (SSSR count). The van der Waals surface area contributed by atoms with Gasteiger partial charge in [0, 0.05) is 11.1 Å². The molecule has 2 aromatic rings. The Hall–Kier alpha value is -2.42. The number of hydrogen-bond donors (Lipinski definition) is 0. The summed E-state index contributed by atoms with van der Waals surface area (Å²) in [5.74, 6) is -1.45. The van der Waals surface area contributed by atoms with E-state index < -0.39 is 11.9 Å². The van der Waals surface area contributed by atoms with Crippen molar-refractivity contribution < 1.29 is 23.5 Å². The molecule has 0 spiro atoms. The zero-order chi connectivity index (χ0) is 15.2. The van der Waals surface area contributed by atoms with Crippen molar-refractivity contribution in [1.29, 1.82) is 0 Å². The number of carbonyl (C=O) groups excluding carboxylic acids is 2. The van der Waals surface area contributed by atoms with Gasteiger partial charge in [-0.25, -0.2) is 14.6 Å². The minimum atomic E-state index is -0.679. The Morgan fingerprint density at radius 3 is 2.86 bits per heavy atom. The van der Waals surface area contributed by atoms with Crippen molar-refractivity contribution in [2.75, 3.05) is 13.7 Å². The van der Waals surface area contributed by atoms with Crippen LogP contribution in [0, 0.1) is 0 Å². The zero-order valence-corrected chi connectivity index (χ0v) is 12.0. The van der Waals surface area contributed by atoms with Crippen LogP contribution in [0.1, 0.15) is 28.1 Å². The molecule has 0 N–H and O–H groups in total. The largest absolute Gasteiger partial charge is 0.464 e. The number of pyridine rings is 1. The van der Waals surface area contributed by atoms with Gasteiger partial charge in [0.25, 0.3) is 5.22 Å². The first-order valence-electron chi connectivity index (χ1n) is 5.87. The normalized spacial score (nSPS) is 10.2. The van der Waals surface area contributed by atoms with E-state index in [2.05, 4.69) is 19.9 Å². The fourth-order valence-electron chi connectivity index (χ4n) is 1.32. The third kappa shape index (κ3) is 3.78. The molecule has 0 aliphatic rings. The predicted octanol–water partition coefficient (Wildman–Crippen LogP) is 1.58. The van der Waals surface area contributed by atoms with Gasteiger partial charge in [0.15, 0.2) is 0 Å². The first-order chi connectivity index (χ1) is 10.1. The number of carbonyl (C=O) groups is 2. The van der Waals surface area contributed by atoms with Gasteiger partial charge >= 0.3 is 17.8 Å². The minimum Gasteiger partial charge on any atom is -0.464 e. The van der Waals surface area contributed by atoms with E-state index in [1.807, 2.05) is 0 Å². The molecule has 0 radical (unpaired) electrons. The summed E-state index contributed by atoms with van der Waals surface area (Å²) in [5.41, 5.74) is 0.160. The molecular formula is C12H11N3O5S. The number of methoxy groups -OCH3 is 1. The highest BCUT2D eigenvalue weighted by molar-refractivity contribution is 7.99. The Kier molecular flexibility index (Phi) is 4.88. The topological polar surface area (TPSA) is 104 Å². The van der Waals surface area contributed by atoms with E-state index in [0.717, 1.165) is 11.8 Å². The third-order valence-electron chi connectivity index (χ3n) is 2.19. The molecule has 0 aliphatic carbocycles. The summed E-state index contributed by atoms with van der Waals surface area (Å²) in [4.78, 5) is 27.3. The number of aromatic nitrogens is 3. The lowest BCUT2D eigenvalue weighted by Gasteiger charge is -2.00. The van der Waals surface area contributed by atoms with E-state index in [-0.39, 0.29) is 23.4 Å².